The minimum atomic E-state index is -2.08. The summed E-state index contributed by atoms with van der Waals surface area (Å²) in [5, 5.41) is 69.0. The number of aromatic hydroxyl groups is 1. The molecule has 0 aliphatic carbocycles. The van der Waals surface area contributed by atoms with E-state index in [0.717, 1.165) is 36.9 Å². The second-order valence-corrected chi connectivity index (χ2v) is 37.8. The van der Waals surface area contributed by atoms with Crippen molar-refractivity contribution in [2.75, 3.05) is 52.3 Å². The molecule has 3 aliphatic rings. The quantitative estimate of drug-likeness (QED) is 0.0247. The van der Waals surface area contributed by atoms with Gasteiger partial charge in [0.1, 0.15) is 90.3 Å². The molecule has 16 amide bonds. The van der Waals surface area contributed by atoms with Crippen LogP contribution in [-0.2, 0) is 118 Å². The highest BCUT2D eigenvalue weighted by atomic mass is 32.2. The second kappa shape index (κ2) is 52.3. The molecule has 3 aliphatic heterocycles. The summed E-state index contributed by atoms with van der Waals surface area (Å²) in [4.78, 5) is 274. The van der Waals surface area contributed by atoms with Crippen LogP contribution in [0.15, 0.2) is 140 Å². The Kier molecular flexibility index (Phi) is 41.0. The van der Waals surface area contributed by atoms with Gasteiger partial charge in [-0.25, -0.2) is 13.2 Å². The van der Waals surface area contributed by atoms with Crippen LogP contribution in [0.2, 0.25) is 0 Å². The maximum absolute atomic E-state index is 15.8. The normalized spacial score (nSPS) is 23.5. The molecule has 15 atom stereocenters. The number of aromatic nitrogens is 1. The lowest BCUT2D eigenvalue weighted by Gasteiger charge is -2.38. The number of phenolic OH excluding ortho intramolecular Hbond substituents is 1. The molecule has 142 heavy (non-hydrogen) atoms. The fraction of sp³-hybridized carbons (Fsp3) is 0.475. The number of phenols is 1. The number of benzene rings is 5. The number of aliphatic carboxylic acids is 2. The van der Waals surface area contributed by atoms with Gasteiger partial charge < -0.3 is 109 Å². The van der Waals surface area contributed by atoms with Crippen molar-refractivity contribution in [2.45, 2.75) is 235 Å². The predicted octanol–water partition coefficient (Wildman–Crippen LogP) is 2.15. The van der Waals surface area contributed by atoms with Crippen LogP contribution < -0.4 is 58.9 Å². The predicted molar refractivity (Wildman–Crippen MR) is 514 cm³/mol. The summed E-state index contributed by atoms with van der Waals surface area (Å²) in [5.74, 6) is -28.6. The van der Waals surface area contributed by atoms with Crippen molar-refractivity contribution in [3.63, 3.8) is 0 Å². The number of nitrogens with two attached hydrogens (primary N) is 1. The Morgan fingerprint density at radius 3 is 1.72 bits per heavy atom. The van der Waals surface area contributed by atoms with Crippen molar-refractivity contribution in [3.8, 4) is 5.75 Å². The zero-order valence-corrected chi connectivity index (χ0v) is 81.3. The van der Waals surface area contributed by atoms with Gasteiger partial charge in [-0.15, -0.1) is 18.3 Å². The number of thioether (sulfide) groups is 1. The van der Waals surface area contributed by atoms with Crippen LogP contribution in [0, 0.1) is 29.3 Å². The number of aliphatic hydroxyl groups excluding tert-OH is 1. The Morgan fingerprint density at radius 1 is 0.563 bits per heavy atom. The number of rotatable bonds is 28. The number of likely N-dealkylation sites (N-methyl/N-ethyl adjacent to an activating group) is 3. The first-order chi connectivity index (χ1) is 67.3. The largest absolute Gasteiger partial charge is 0.508 e. The Bertz CT molecular complexity index is 5560. The molecule has 0 radical (unpaired) electrons. The number of halogens is 3. The standard InChI is InChI=1S/C99H126F3N17O22S/c1-11-12-28-76-98(140)119-50-62(121)45-78(119)94(136)111-71(46-82(124)125)91(133)114-85(55(6)7)99(141)116(9)77(43-56-22-15-13-16-23-56)93(135)112-73(47-83(126)127)96(138)118-36-21-29-75(118)92(134)108-67(35-32-60-48-104-66-27-20-19-26-63(60)66)88(130)110-70(41-58-30-33-61(120)34-31-58)90(132)109-69(38-54(4)5)89(131)113-74(87(129)105-49-80(122)106-68(86(103)128)37-53(2)3)51-142-52-81(123)107-72(42-59-39-64(100)84(102)65(101)40-59)95(137)117(10)79(97(139)115(76)8)44-57-24-17-14-18-25-57/h13-20,22-27,30-31,33-34,39-40,48,54-55,62,67-79,85,104,120-121H,2,11-12,21,28-29,32,35-38,41-47,49-52H2,1,3-10H3,(H2,103,128)(H,105,129)(H,106,122)(H,107,123)(H,108,134)(H,109,132)(H,110,130)(H,111,136)(H,112,135)(H,113,131)(H,114,133)(H,124,125)(H,126,127)/t62-,67+,68+,69+,70+,71+,72+,73+,74+,75-,76+,77+,78-,79+,85+/m1/s1. The smallest absolute Gasteiger partial charge is 0.305 e. The zero-order chi connectivity index (χ0) is 104. The first-order valence-corrected chi connectivity index (χ1v) is 48.0. The molecule has 9 rings (SSSR count). The Labute approximate surface area is 823 Å². The molecule has 1 aromatic heterocycles. The number of H-pyrrole nitrogens is 1. The highest BCUT2D eigenvalue weighted by molar-refractivity contribution is 8.00. The van der Waals surface area contributed by atoms with Crippen LogP contribution in [0.4, 0.5) is 13.2 Å². The van der Waals surface area contributed by atoms with E-state index < -0.39 is 289 Å². The minimum absolute atomic E-state index is 0.0424. The first kappa shape index (κ1) is 111. The fourth-order valence-electron chi connectivity index (χ4n) is 17.3. The second-order valence-electron chi connectivity index (χ2n) is 36.8. The summed E-state index contributed by atoms with van der Waals surface area (Å²) in [6.07, 6.45) is -4.64. The third kappa shape index (κ3) is 31.4. The number of nitrogens with one attached hydrogen (secondary N) is 11. The van der Waals surface area contributed by atoms with Gasteiger partial charge in [0.25, 0.3) is 0 Å². The topological polar surface area (TPSA) is 566 Å². The molecule has 766 valence electrons. The van der Waals surface area contributed by atoms with Gasteiger partial charge >= 0.3 is 11.9 Å². The van der Waals surface area contributed by atoms with Gasteiger partial charge in [-0.05, 0) is 122 Å². The van der Waals surface area contributed by atoms with Gasteiger partial charge in [-0.3, -0.25) is 86.3 Å². The van der Waals surface area contributed by atoms with E-state index in [1.165, 1.54) is 52.2 Å². The molecule has 0 spiro atoms. The number of hydrogen-bond donors (Lipinski definition) is 16. The number of amides is 16. The average molecular weight is 2000 g/mol. The molecule has 4 heterocycles. The molecule has 0 unspecified atom stereocenters. The number of carboxylic acids is 2. The van der Waals surface area contributed by atoms with Crippen LogP contribution >= 0.6 is 11.8 Å². The number of carboxylic acid groups (broad SMARTS) is 2. The molecular formula is C99H126F3N17O22S. The number of unbranched alkanes of at least 4 members (excludes halogenated alkanes) is 1. The Morgan fingerprint density at radius 2 is 1.11 bits per heavy atom. The summed E-state index contributed by atoms with van der Waals surface area (Å²) in [5.41, 5.74) is 8.10. The minimum Gasteiger partial charge on any atom is -0.508 e. The molecule has 3 saturated heterocycles. The number of aryl methyl sites for hydroxylation is 1. The lowest BCUT2D eigenvalue weighted by molar-refractivity contribution is -0.152. The first-order valence-electron chi connectivity index (χ1n) is 46.9. The number of fused-ring (bicyclic) bond motifs is 3. The number of para-hydroxylation sites is 1. The maximum atomic E-state index is 15.8. The van der Waals surface area contributed by atoms with Crippen molar-refractivity contribution in [1.82, 2.24) is 82.7 Å². The zero-order valence-electron chi connectivity index (χ0n) is 80.5. The molecule has 3 fully saturated rings. The van der Waals surface area contributed by atoms with Gasteiger partial charge in [0.15, 0.2) is 17.5 Å². The van der Waals surface area contributed by atoms with Crippen molar-refractivity contribution in [3.05, 3.63) is 185 Å². The summed E-state index contributed by atoms with van der Waals surface area (Å²) in [6.45, 7) is 11.7. The number of aliphatic hydroxyl groups is 1. The van der Waals surface area contributed by atoms with E-state index in [0.29, 0.717) is 63.7 Å². The van der Waals surface area contributed by atoms with Crippen LogP contribution in [0.5, 0.6) is 5.75 Å². The van der Waals surface area contributed by atoms with Gasteiger partial charge in [-0.1, -0.05) is 144 Å². The molecule has 6 aromatic rings. The van der Waals surface area contributed by atoms with Crippen LogP contribution in [0.25, 0.3) is 10.9 Å². The number of hydrogen-bond acceptors (Lipinski definition) is 21. The van der Waals surface area contributed by atoms with Crippen molar-refractivity contribution >= 4 is 129 Å². The summed E-state index contributed by atoms with van der Waals surface area (Å²) >= 11 is 0.617. The number of nitrogens with zero attached hydrogens (tertiary/aromatic N) is 5. The monoisotopic (exact) mass is 1990 g/mol. The number of primary amides is 1. The summed E-state index contributed by atoms with van der Waals surface area (Å²) in [6, 6.07) is 5.83. The van der Waals surface area contributed by atoms with E-state index in [-0.39, 0.29) is 76.5 Å². The van der Waals surface area contributed by atoms with Crippen molar-refractivity contribution < 1.29 is 120 Å². The van der Waals surface area contributed by atoms with Gasteiger partial charge in [-0.2, -0.15) is 0 Å². The molecule has 0 saturated carbocycles. The van der Waals surface area contributed by atoms with E-state index in [9.17, 15) is 63.2 Å². The molecule has 39 nitrogen and oxygen atoms in total. The number of carbonyl (C=O) groups is 18. The summed E-state index contributed by atoms with van der Waals surface area (Å²) in [7, 11) is 3.53. The molecular weight excluding hydrogens is 1870 g/mol. The van der Waals surface area contributed by atoms with E-state index in [1.54, 1.807) is 119 Å². The summed E-state index contributed by atoms with van der Waals surface area (Å²) < 4.78 is 45.4. The molecule has 0 bridgehead atoms. The highest BCUT2D eigenvalue weighted by Gasteiger charge is 2.48. The van der Waals surface area contributed by atoms with Crippen LogP contribution in [0.3, 0.4) is 0 Å². The van der Waals surface area contributed by atoms with Gasteiger partial charge in [0.05, 0.1) is 31.2 Å². The Hall–Kier alpha value is -14.3. The maximum Gasteiger partial charge on any atom is 0.305 e. The molecule has 17 N–H and O–H groups in total. The van der Waals surface area contributed by atoms with E-state index in [2.05, 4.69) is 64.7 Å². The highest BCUT2D eigenvalue weighted by Crippen LogP contribution is 2.29. The average Bonchev–Trinajstić information content (AvgIpc) is 1.50. The SMILES string of the molecule is C=C(C)C[C@H](NC(=O)CNC(=O)[C@@H]1CSCC(=O)N[C@@H](Cc2cc(F)c(F)c(F)c2)C(=O)N(C)[C@@H](Cc2ccccc2)C(=O)N(C)[C@@H](CCCC)C(=O)N2C[C@H](O)C[C@@H]2C(=O)N[C@@H](CC(=O)O)C(=O)N[C@@H](C(C)C)C(=O)N(C)[C@@H](Cc2ccccc2)C(=O)N[C@@H](CC(=O)O)C(=O)N2CCC[C@@H]2C(=O)N[C@@H](CCc2c[nH]c3ccccc23)C(=O)N[C@@H](Cc2ccc(O)cc2)C(=O)N[C@@H](CC(C)C)C(=O)N1)C(N)=O. The van der Waals surface area contributed by atoms with Crippen molar-refractivity contribution in [1.29, 1.82) is 0 Å². The third-order valence-corrected chi connectivity index (χ3v) is 25.9. The van der Waals surface area contributed by atoms with E-state index in [4.69, 9.17) is 5.73 Å². The van der Waals surface area contributed by atoms with Crippen LogP contribution in [0.1, 0.15) is 140 Å². The lowest BCUT2D eigenvalue weighted by Crippen LogP contribution is -2.62. The number of carbonyl (C=O) groups excluding carboxylic acids is 16. The lowest BCUT2D eigenvalue weighted by atomic mass is 9.98. The van der Waals surface area contributed by atoms with E-state index in [1.807, 2.05) is 0 Å². The Balaban J connectivity index is 1.15. The van der Waals surface area contributed by atoms with Gasteiger partial charge in [0, 0.05) is 89.2 Å². The van der Waals surface area contributed by atoms with Crippen LogP contribution in [-0.4, -0.2) is 299 Å². The fourth-order valence-corrected chi connectivity index (χ4v) is 18.2. The van der Waals surface area contributed by atoms with Crippen molar-refractivity contribution in [2.24, 2.45) is 17.6 Å². The third-order valence-electron chi connectivity index (χ3n) is 24.9. The van der Waals surface area contributed by atoms with E-state index >= 15 is 56.7 Å². The number of aromatic amines is 1. The molecule has 5 aromatic carbocycles. The van der Waals surface area contributed by atoms with Gasteiger partial charge in [0.2, 0.25) is 94.5 Å². The molecule has 43 heteroatoms.